The number of aliphatic hydroxyl groups is 1. The number of hydrogen-bond donors (Lipinski definition) is 2. The minimum atomic E-state index is -1.63. The van der Waals surface area contributed by atoms with Gasteiger partial charge in [-0.3, -0.25) is 4.79 Å². The molecule has 0 aromatic heterocycles. The predicted octanol–water partition coefficient (Wildman–Crippen LogP) is 11.0. The molecule has 4 heterocycles. The quantitative estimate of drug-likeness (QED) is 0.0390. The second-order valence-electron chi connectivity index (χ2n) is 25.3. The molecule has 94 heavy (non-hydrogen) atoms. The molecule has 19 heteroatoms. The van der Waals surface area contributed by atoms with Crippen LogP contribution in [0.3, 0.4) is 0 Å². The number of nitrogens with one attached hydrogen (secondary N) is 1. The van der Waals surface area contributed by atoms with Crippen LogP contribution in [0.1, 0.15) is 52.2 Å². The van der Waals surface area contributed by atoms with Gasteiger partial charge in [-0.15, -0.1) is 0 Å². The zero-order valence-corrected chi connectivity index (χ0v) is 55.1. The summed E-state index contributed by atoms with van der Waals surface area (Å²) in [5.41, 5.74) is 6.16. The van der Waals surface area contributed by atoms with Crippen molar-refractivity contribution in [3.05, 3.63) is 245 Å². The Bertz CT molecular complexity index is 3310. The molecule has 500 valence electrons. The molecule has 0 radical (unpaired) electrons. The van der Waals surface area contributed by atoms with Gasteiger partial charge < -0.3 is 81.5 Å². The van der Waals surface area contributed by atoms with Gasteiger partial charge in [-0.25, -0.2) is 0 Å². The first-order valence-corrected chi connectivity index (χ1v) is 36.2. The Morgan fingerprint density at radius 2 is 0.904 bits per heavy atom. The summed E-state index contributed by atoms with van der Waals surface area (Å²) in [5, 5.41) is 15.6. The van der Waals surface area contributed by atoms with Gasteiger partial charge in [0.25, 0.3) is 0 Å². The van der Waals surface area contributed by atoms with Gasteiger partial charge >= 0.3 is 0 Å². The van der Waals surface area contributed by atoms with Crippen LogP contribution in [0, 0.1) is 0 Å². The second kappa shape index (κ2) is 34.4. The minimum Gasteiger partial charge on any atom is -0.497 e. The van der Waals surface area contributed by atoms with Gasteiger partial charge in [0, 0.05) is 27.2 Å². The molecule has 0 spiro atoms. The van der Waals surface area contributed by atoms with Crippen molar-refractivity contribution in [3.63, 3.8) is 0 Å². The van der Waals surface area contributed by atoms with Crippen LogP contribution in [-0.2, 0) is 111 Å². The average Bonchev–Trinajstić information content (AvgIpc) is 0.773. The Balaban J connectivity index is 1.02. The van der Waals surface area contributed by atoms with E-state index in [4.69, 9.17) is 71.1 Å². The van der Waals surface area contributed by atoms with E-state index in [1.54, 1.807) is 7.11 Å². The molecule has 0 aliphatic carbocycles. The SMILES string of the molecule is COc1ccc([C@@H]2OC[C@H]3O[C@@H](O[C@H]4[C@@H](OCc5ccccc5)[C@@H](COCc5ccccc5)O[C@@H](O[C@H]5[C@H](OCc6ccccc6)[C@@H](OCc6ccccc6)[C@H](OCC[Si](C)(C)C)O[C@@H]5COCc5ccccc5)[C@@H]4OCc4ccccc4)[C@H](NC(C)=O)[C@@H](O)[C@@H]3O2)cc1. The van der Waals surface area contributed by atoms with Crippen LogP contribution in [-0.4, -0.2) is 145 Å². The predicted molar refractivity (Wildman–Crippen MR) is 352 cm³/mol. The second-order valence-corrected chi connectivity index (χ2v) is 30.9. The number of methoxy groups -OCH3 is 1. The highest BCUT2D eigenvalue weighted by Gasteiger charge is 2.58. The third kappa shape index (κ3) is 19.3. The largest absolute Gasteiger partial charge is 0.497 e. The van der Waals surface area contributed by atoms with Crippen LogP contribution in [0.5, 0.6) is 5.75 Å². The maximum absolute atomic E-state index is 13.5. The smallest absolute Gasteiger partial charge is 0.217 e. The average molecular weight is 1300 g/mol. The molecule has 4 saturated heterocycles. The van der Waals surface area contributed by atoms with Gasteiger partial charge in [0.1, 0.15) is 78.9 Å². The van der Waals surface area contributed by atoms with E-state index < -0.39 is 112 Å². The van der Waals surface area contributed by atoms with Gasteiger partial charge in [-0.2, -0.15) is 0 Å². The number of benzene rings is 7. The van der Waals surface area contributed by atoms with Crippen LogP contribution < -0.4 is 10.1 Å². The van der Waals surface area contributed by atoms with E-state index in [1.165, 1.54) is 6.92 Å². The molecular formula is C75H89NO17Si. The van der Waals surface area contributed by atoms with Crippen LogP contribution >= 0.6 is 0 Å². The third-order valence-electron chi connectivity index (χ3n) is 17.0. The summed E-state index contributed by atoms with van der Waals surface area (Å²) < 4.78 is 104. The number of carbonyl (C=O) groups excluding carboxylic acids is 1. The standard InChI is InChI=1S/C75H89NO17Si/c1-51(77)76-63-64(78)65-62(50-87-72(91-65)58-36-38-59(79-2)39-37-58)88-73(63)93-69-66(83-44-54-28-16-8-17-29-54)60(48-80-42-52-24-12-6-13-25-52)90-75(71(69)86-47-57-34-22-11-23-35-57)92-67-61(49-81-43-53-26-14-7-15-27-53)89-74(82-40-41-94(3,4)5)70(85-46-56-32-20-10-21-33-56)68(67)84-45-55-30-18-9-19-31-55/h6-39,60-75,78H,40-50H2,1-5H3,(H,76,77)/t60-,61-,62-,63-,64-,65-,66+,67-,68+,69+,70-,71-,72-,73+,74-,75+/m1/s1. The molecule has 0 bridgehead atoms. The van der Waals surface area contributed by atoms with E-state index in [2.05, 4.69) is 25.0 Å². The molecule has 7 aromatic rings. The third-order valence-corrected chi connectivity index (χ3v) is 18.7. The Hall–Kier alpha value is -6.57. The topological polar surface area (TPSA) is 188 Å². The van der Waals surface area contributed by atoms with Crippen molar-refractivity contribution >= 4 is 14.0 Å². The summed E-state index contributed by atoms with van der Waals surface area (Å²) in [4.78, 5) is 13.5. The first-order valence-electron chi connectivity index (χ1n) is 32.5. The number of rotatable bonds is 31. The van der Waals surface area contributed by atoms with E-state index >= 15 is 0 Å². The molecule has 11 rings (SSSR count). The fourth-order valence-corrected chi connectivity index (χ4v) is 12.7. The monoisotopic (exact) mass is 1300 g/mol. The summed E-state index contributed by atoms with van der Waals surface area (Å²) in [6.45, 7) is 9.71. The number of amides is 1. The van der Waals surface area contributed by atoms with Crippen molar-refractivity contribution in [3.8, 4) is 5.75 Å². The highest BCUT2D eigenvalue weighted by molar-refractivity contribution is 6.76. The Labute approximate surface area is 552 Å². The Kier molecular flexibility index (Phi) is 25.2. The summed E-state index contributed by atoms with van der Waals surface area (Å²) in [6, 6.07) is 66.2. The summed E-state index contributed by atoms with van der Waals surface area (Å²) in [7, 11) is -0.0340. The van der Waals surface area contributed by atoms with Crippen molar-refractivity contribution < 1.29 is 81.0 Å². The number of fused-ring (bicyclic) bond motifs is 1. The maximum Gasteiger partial charge on any atom is 0.217 e. The van der Waals surface area contributed by atoms with E-state index in [0.717, 1.165) is 39.4 Å². The van der Waals surface area contributed by atoms with Crippen LogP contribution in [0.2, 0.25) is 25.7 Å². The molecular weight excluding hydrogens is 1210 g/mol. The lowest BCUT2D eigenvalue weighted by Gasteiger charge is -2.52. The van der Waals surface area contributed by atoms with Crippen LogP contribution in [0.25, 0.3) is 0 Å². The summed E-state index contributed by atoms with van der Waals surface area (Å²) in [5.74, 6) is 0.213. The highest BCUT2D eigenvalue weighted by atomic mass is 28.3. The molecule has 1 amide bonds. The van der Waals surface area contributed by atoms with Crippen molar-refractivity contribution in [1.82, 2.24) is 5.32 Å². The molecule has 16 atom stereocenters. The van der Waals surface area contributed by atoms with Gasteiger partial charge in [0.15, 0.2) is 25.2 Å². The number of ether oxygens (including phenoxy) is 15. The minimum absolute atomic E-state index is 0.00144. The number of aliphatic hydroxyl groups excluding tert-OH is 1. The highest BCUT2D eigenvalue weighted by Crippen LogP contribution is 2.41. The Morgan fingerprint density at radius 1 is 0.479 bits per heavy atom. The lowest BCUT2D eigenvalue weighted by molar-refractivity contribution is -0.395. The molecule has 7 aromatic carbocycles. The van der Waals surface area contributed by atoms with Crippen molar-refractivity contribution in [1.29, 1.82) is 0 Å². The van der Waals surface area contributed by atoms with Crippen molar-refractivity contribution in [2.75, 3.05) is 33.5 Å². The zero-order chi connectivity index (χ0) is 65.1. The van der Waals surface area contributed by atoms with E-state index in [-0.39, 0.29) is 59.5 Å². The van der Waals surface area contributed by atoms with Crippen LogP contribution in [0.15, 0.2) is 206 Å². The fraction of sp³-hybridized carbons (Fsp3) is 0.427. The zero-order valence-electron chi connectivity index (χ0n) is 54.1. The first kappa shape index (κ1) is 68.8. The van der Waals surface area contributed by atoms with Gasteiger partial charge in [-0.05, 0) is 51.6 Å². The van der Waals surface area contributed by atoms with Crippen molar-refractivity contribution in [2.24, 2.45) is 0 Å². The lowest BCUT2D eigenvalue weighted by atomic mass is 9.94. The van der Waals surface area contributed by atoms with E-state index in [9.17, 15) is 9.90 Å². The molecule has 18 nitrogen and oxygen atoms in total. The number of hydrogen-bond acceptors (Lipinski definition) is 17. The first-order chi connectivity index (χ1) is 45.9. The molecule has 4 aliphatic rings. The fourth-order valence-electron chi connectivity index (χ4n) is 12.0. The normalized spacial score (nSPS) is 27.9. The van der Waals surface area contributed by atoms with Crippen LogP contribution in [0.4, 0.5) is 0 Å². The van der Waals surface area contributed by atoms with Crippen molar-refractivity contribution in [2.45, 2.75) is 171 Å². The van der Waals surface area contributed by atoms with E-state index in [0.29, 0.717) is 17.9 Å². The summed E-state index contributed by atoms with van der Waals surface area (Å²) in [6.07, 6.45) is -15.9. The molecule has 0 unspecified atom stereocenters. The number of carbonyl (C=O) groups is 1. The molecule has 4 aliphatic heterocycles. The Morgan fingerprint density at radius 3 is 1.37 bits per heavy atom. The molecule has 2 N–H and O–H groups in total. The van der Waals surface area contributed by atoms with Gasteiger partial charge in [0.05, 0.1) is 66.6 Å². The van der Waals surface area contributed by atoms with Gasteiger partial charge in [0.2, 0.25) is 5.91 Å². The van der Waals surface area contributed by atoms with Gasteiger partial charge in [-0.1, -0.05) is 214 Å². The summed E-state index contributed by atoms with van der Waals surface area (Å²) >= 11 is 0. The van der Waals surface area contributed by atoms with E-state index in [1.807, 2.05) is 206 Å². The lowest BCUT2D eigenvalue weighted by Crippen LogP contribution is -2.70. The molecule has 0 saturated carbocycles. The maximum atomic E-state index is 13.5. The molecule has 4 fully saturated rings.